The van der Waals surface area contributed by atoms with E-state index in [1.165, 1.54) is 16.9 Å². The number of rotatable bonds is 5. The first-order chi connectivity index (χ1) is 8.72. The Morgan fingerprint density at radius 3 is 2.67 bits per heavy atom. The van der Waals surface area contributed by atoms with Gasteiger partial charge in [0, 0.05) is 0 Å². The number of hydrogen-bond donors (Lipinski definition) is 1. The third-order valence-electron chi connectivity index (χ3n) is 2.71. The van der Waals surface area contributed by atoms with Gasteiger partial charge < -0.3 is 9.84 Å². The Labute approximate surface area is 110 Å². The van der Waals surface area contributed by atoms with Crippen molar-refractivity contribution in [3.8, 4) is 5.75 Å². The summed E-state index contributed by atoms with van der Waals surface area (Å²) in [5.41, 5.74) is 2.33. The lowest BCUT2D eigenvalue weighted by atomic mass is 10.1. The van der Waals surface area contributed by atoms with E-state index in [-0.39, 0.29) is 4.88 Å². The Morgan fingerprint density at radius 1 is 1.28 bits per heavy atom. The molecule has 4 heteroatoms. The van der Waals surface area contributed by atoms with Crippen LogP contribution in [0.3, 0.4) is 0 Å². The summed E-state index contributed by atoms with van der Waals surface area (Å²) in [6.07, 6.45) is 0.939. The summed E-state index contributed by atoms with van der Waals surface area (Å²) in [7, 11) is 0. The van der Waals surface area contributed by atoms with Crippen LogP contribution in [0.15, 0.2) is 35.7 Å². The quantitative estimate of drug-likeness (QED) is 0.895. The van der Waals surface area contributed by atoms with E-state index in [0.29, 0.717) is 12.4 Å². The molecule has 0 atom stereocenters. The fourth-order valence-electron chi connectivity index (χ4n) is 1.77. The number of ether oxygens (including phenoxy) is 1. The minimum absolute atomic E-state index is 0.254. The first-order valence-electron chi connectivity index (χ1n) is 5.72. The number of thiophene rings is 1. The molecule has 18 heavy (non-hydrogen) atoms. The van der Waals surface area contributed by atoms with E-state index >= 15 is 0 Å². The van der Waals surface area contributed by atoms with Crippen molar-refractivity contribution in [1.82, 2.24) is 0 Å². The van der Waals surface area contributed by atoms with E-state index in [0.717, 1.165) is 12.0 Å². The Bertz CT molecular complexity index is 545. The van der Waals surface area contributed by atoms with Crippen molar-refractivity contribution in [3.63, 3.8) is 0 Å². The number of aromatic carboxylic acids is 1. The Hall–Kier alpha value is -1.81. The van der Waals surface area contributed by atoms with Gasteiger partial charge in [0.1, 0.15) is 12.4 Å². The van der Waals surface area contributed by atoms with Crippen LogP contribution in [0.1, 0.15) is 27.7 Å². The second-order valence-corrected chi connectivity index (χ2v) is 4.75. The minimum Gasteiger partial charge on any atom is -0.487 e. The summed E-state index contributed by atoms with van der Waals surface area (Å²) in [5, 5.41) is 10.7. The van der Waals surface area contributed by atoms with E-state index in [9.17, 15) is 4.79 Å². The number of carboxylic acid groups (broad SMARTS) is 1. The third-order valence-corrected chi connectivity index (χ3v) is 3.59. The molecular formula is C14H14O3S. The van der Waals surface area contributed by atoms with Gasteiger partial charge in [-0.05, 0) is 29.0 Å². The fraction of sp³-hybridized carbons (Fsp3) is 0.214. The Balaban J connectivity index is 2.11. The normalized spacial score (nSPS) is 10.3. The number of carbonyl (C=O) groups is 1. The highest BCUT2D eigenvalue weighted by Crippen LogP contribution is 2.26. The van der Waals surface area contributed by atoms with Gasteiger partial charge in [0.2, 0.25) is 0 Å². The molecule has 0 aliphatic heterocycles. The van der Waals surface area contributed by atoms with Crippen molar-refractivity contribution in [2.75, 3.05) is 0 Å². The molecule has 0 amide bonds. The van der Waals surface area contributed by atoms with Crippen LogP contribution in [-0.2, 0) is 13.0 Å². The molecule has 94 valence electrons. The number of carboxylic acids is 1. The van der Waals surface area contributed by atoms with Gasteiger partial charge >= 0.3 is 5.97 Å². The highest BCUT2D eigenvalue weighted by Gasteiger charge is 2.13. The molecule has 0 fully saturated rings. The summed E-state index contributed by atoms with van der Waals surface area (Å²) in [6.45, 7) is 2.49. The van der Waals surface area contributed by atoms with E-state index in [4.69, 9.17) is 9.84 Å². The van der Waals surface area contributed by atoms with Gasteiger partial charge in [0.25, 0.3) is 0 Å². The topological polar surface area (TPSA) is 46.5 Å². The predicted octanol–water partition coefficient (Wildman–Crippen LogP) is 3.59. The van der Waals surface area contributed by atoms with Crippen LogP contribution in [0.25, 0.3) is 0 Å². The van der Waals surface area contributed by atoms with Crippen LogP contribution in [0.4, 0.5) is 0 Å². The van der Waals surface area contributed by atoms with E-state index in [2.05, 4.69) is 13.0 Å². The molecule has 0 radical (unpaired) electrons. The van der Waals surface area contributed by atoms with E-state index in [1.54, 1.807) is 11.4 Å². The summed E-state index contributed by atoms with van der Waals surface area (Å²) in [4.78, 5) is 11.2. The van der Waals surface area contributed by atoms with Crippen LogP contribution in [0.2, 0.25) is 0 Å². The molecular weight excluding hydrogens is 248 g/mol. The molecule has 1 N–H and O–H groups in total. The maximum absolute atomic E-state index is 10.9. The highest BCUT2D eigenvalue weighted by molar-refractivity contribution is 7.12. The third kappa shape index (κ3) is 2.71. The maximum atomic E-state index is 10.9. The lowest BCUT2D eigenvalue weighted by molar-refractivity contribution is 0.0697. The summed E-state index contributed by atoms with van der Waals surface area (Å²) >= 11 is 1.18. The Kier molecular flexibility index (Phi) is 3.99. The first kappa shape index (κ1) is 12.6. The molecule has 2 rings (SSSR count). The monoisotopic (exact) mass is 262 g/mol. The fourth-order valence-corrected chi connectivity index (χ4v) is 2.44. The first-order valence-corrected chi connectivity index (χ1v) is 6.60. The van der Waals surface area contributed by atoms with Gasteiger partial charge in [-0.2, -0.15) is 0 Å². The molecule has 0 unspecified atom stereocenters. The molecule has 0 saturated carbocycles. The van der Waals surface area contributed by atoms with Crippen molar-refractivity contribution in [3.05, 3.63) is 51.7 Å². The molecule has 0 aliphatic rings. The van der Waals surface area contributed by atoms with Gasteiger partial charge in [-0.3, -0.25) is 0 Å². The average molecular weight is 262 g/mol. The van der Waals surface area contributed by atoms with Crippen LogP contribution in [0.5, 0.6) is 5.75 Å². The van der Waals surface area contributed by atoms with Crippen molar-refractivity contribution >= 4 is 17.3 Å². The second kappa shape index (κ2) is 5.69. The van der Waals surface area contributed by atoms with Crippen LogP contribution >= 0.6 is 11.3 Å². The average Bonchev–Trinajstić information content (AvgIpc) is 2.85. The zero-order chi connectivity index (χ0) is 13.0. The van der Waals surface area contributed by atoms with Crippen LogP contribution in [0, 0.1) is 0 Å². The molecule has 1 aromatic heterocycles. The molecule has 0 bridgehead atoms. The standard InChI is InChI=1S/C14H14O3S/c1-2-10-5-3-4-6-11(10)9-17-12-7-8-18-13(12)14(15)16/h3-8H,2,9H2,1H3,(H,15,16). The molecule has 1 aromatic carbocycles. The maximum Gasteiger partial charge on any atom is 0.349 e. The zero-order valence-electron chi connectivity index (χ0n) is 10.1. The lowest BCUT2D eigenvalue weighted by Crippen LogP contribution is -2.02. The van der Waals surface area contributed by atoms with Crippen molar-refractivity contribution in [2.24, 2.45) is 0 Å². The summed E-state index contributed by atoms with van der Waals surface area (Å²) in [6, 6.07) is 9.72. The minimum atomic E-state index is -0.941. The number of aryl methyl sites for hydroxylation is 1. The van der Waals surface area contributed by atoms with Crippen molar-refractivity contribution in [1.29, 1.82) is 0 Å². The molecule has 2 aromatic rings. The van der Waals surface area contributed by atoms with Gasteiger partial charge in [0.15, 0.2) is 4.88 Å². The van der Waals surface area contributed by atoms with Crippen LogP contribution in [-0.4, -0.2) is 11.1 Å². The lowest BCUT2D eigenvalue weighted by Gasteiger charge is -2.09. The molecule has 0 aliphatic carbocycles. The van der Waals surface area contributed by atoms with Gasteiger partial charge in [-0.1, -0.05) is 31.2 Å². The number of benzene rings is 1. The Morgan fingerprint density at radius 2 is 2.00 bits per heavy atom. The predicted molar refractivity (Wildman–Crippen MR) is 71.4 cm³/mol. The zero-order valence-corrected chi connectivity index (χ0v) is 10.9. The summed E-state index contributed by atoms with van der Waals surface area (Å²) in [5.74, 6) is -0.498. The summed E-state index contributed by atoms with van der Waals surface area (Å²) < 4.78 is 5.60. The van der Waals surface area contributed by atoms with E-state index in [1.807, 2.05) is 18.2 Å². The van der Waals surface area contributed by atoms with Crippen molar-refractivity contribution < 1.29 is 14.6 Å². The van der Waals surface area contributed by atoms with Gasteiger partial charge in [0.05, 0.1) is 0 Å². The van der Waals surface area contributed by atoms with E-state index < -0.39 is 5.97 Å². The van der Waals surface area contributed by atoms with Gasteiger partial charge in [-0.25, -0.2) is 4.79 Å². The van der Waals surface area contributed by atoms with Crippen LogP contribution < -0.4 is 4.74 Å². The molecule has 0 saturated heterocycles. The molecule has 3 nitrogen and oxygen atoms in total. The smallest absolute Gasteiger partial charge is 0.349 e. The largest absolute Gasteiger partial charge is 0.487 e. The van der Waals surface area contributed by atoms with Crippen molar-refractivity contribution in [2.45, 2.75) is 20.0 Å². The highest BCUT2D eigenvalue weighted by atomic mass is 32.1. The molecule has 1 heterocycles. The molecule has 0 spiro atoms. The SMILES string of the molecule is CCc1ccccc1COc1ccsc1C(=O)O. The second-order valence-electron chi connectivity index (χ2n) is 3.83. The number of hydrogen-bond acceptors (Lipinski definition) is 3. The van der Waals surface area contributed by atoms with Gasteiger partial charge in [-0.15, -0.1) is 11.3 Å².